The van der Waals surface area contributed by atoms with Crippen LogP contribution in [0.2, 0.25) is 0 Å². The number of halogens is 3. The third-order valence-corrected chi connectivity index (χ3v) is 6.71. The number of unbranched alkanes of at least 4 members (excludes halogenated alkanes) is 2. The van der Waals surface area contributed by atoms with E-state index in [1.807, 2.05) is 37.8 Å². The summed E-state index contributed by atoms with van der Waals surface area (Å²) in [6.45, 7) is 7.00. The number of nitrogens with zero attached hydrogens (tertiary/aromatic N) is 3. The molecule has 1 aromatic heterocycles. The number of aromatic nitrogens is 1. The summed E-state index contributed by atoms with van der Waals surface area (Å²) >= 11 is 3.48. The summed E-state index contributed by atoms with van der Waals surface area (Å²) in [7, 11) is 0. The summed E-state index contributed by atoms with van der Waals surface area (Å²) in [5, 5.41) is 0. The lowest BCUT2D eigenvalue weighted by Crippen LogP contribution is -2.51. The summed E-state index contributed by atoms with van der Waals surface area (Å²) < 4.78 is 34.9. The van der Waals surface area contributed by atoms with Gasteiger partial charge in [0.25, 0.3) is 0 Å². The summed E-state index contributed by atoms with van der Waals surface area (Å²) in [4.78, 5) is 1.97. The van der Waals surface area contributed by atoms with Crippen molar-refractivity contribution >= 4 is 40.5 Å². The fourth-order valence-corrected chi connectivity index (χ4v) is 4.41. The van der Waals surface area contributed by atoms with E-state index in [4.69, 9.17) is 0 Å². The Morgan fingerprint density at radius 3 is 2.50 bits per heavy atom. The number of hydrogen-bond acceptors (Lipinski definition) is 1. The maximum Gasteiger partial charge on any atom is 0.738 e. The zero-order valence-electron chi connectivity index (χ0n) is 17.2. The van der Waals surface area contributed by atoms with Gasteiger partial charge in [0.2, 0.25) is 0 Å². The topological polar surface area (TPSA) is 11.2 Å². The van der Waals surface area contributed by atoms with Crippen molar-refractivity contribution in [1.29, 1.82) is 0 Å². The van der Waals surface area contributed by atoms with Gasteiger partial charge in [0.05, 0.1) is 15.9 Å². The molecule has 0 spiro atoms. The van der Waals surface area contributed by atoms with E-state index in [1.54, 1.807) is 6.92 Å². The van der Waals surface area contributed by atoms with Gasteiger partial charge in [-0.3, -0.25) is 0 Å². The van der Waals surface area contributed by atoms with Crippen molar-refractivity contribution in [2.24, 2.45) is 0 Å². The van der Waals surface area contributed by atoms with Crippen molar-refractivity contribution in [3.63, 3.8) is 0 Å². The minimum Gasteiger partial charge on any atom is -0.389 e. The molecule has 0 N–H and O–H groups in total. The second kappa shape index (κ2) is 7.90. The van der Waals surface area contributed by atoms with Gasteiger partial charge in [-0.15, -0.1) is 0 Å². The molecule has 150 valence electrons. The number of allylic oxidation sites excluding steroid dienone is 2. The molecule has 0 saturated heterocycles. The Balaban J connectivity index is 2.25. The van der Waals surface area contributed by atoms with Crippen molar-refractivity contribution in [3.05, 3.63) is 33.1 Å². The molecule has 0 amide bonds. The third-order valence-electron chi connectivity index (χ3n) is 5.54. The molecule has 1 aromatic rings. The average Bonchev–Trinajstić information content (AvgIpc) is 3.13. The van der Waals surface area contributed by atoms with Crippen LogP contribution in [0.15, 0.2) is 21.8 Å². The van der Waals surface area contributed by atoms with Crippen molar-refractivity contribution in [2.45, 2.75) is 53.9 Å². The molecule has 2 aliphatic rings. The third kappa shape index (κ3) is 3.16. The first kappa shape index (κ1) is 20.9. The Kier molecular flexibility index (Phi) is 5.91. The van der Waals surface area contributed by atoms with Gasteiger partial charge >= 0.3 is 6.97 Å². The van der Waals surface area contributed by atoms with Crippen molar-refractivity contribution in [1.82, 2.24) is 4.48 Å². The molecule has 0 fully saturated rings. The lowest BCUT2D eigenvalue weighted by molar-refractivity contribution is -0.362. The number of rotatable bonds is 5. The van der Waals surface area contributed by atoms with Gasteiger partial charge in [0.15, 0.2) is 5.70 Å². The van der Waals surface area contributed by atoms with Crippen LogP contribution < -0.4 is 4.90 Å². The molecule has 0 unspecified atom stereocenters. The number of anilines is 1. The van der Waals surface area contributed by atoms with Gasteiger partial charge in [0, 0.05) is 43.8 Å². The first-order valence-electron chi connectivity index (χ1n) is 10.0. The van der Waals surface area contributed by atoms with Crippen LogP contribution in [-0.2, 0) is 0 Å². The number of fused-ring (bicyclic) bond motifs is 2. The highest BCUT2D eigenvalue weighted by Gasteiger charge is 2.55. The molecule has 0 atom stereocenters. The van der Waals surface area contributed by atoms with Crippen LogP contribution in [0.3, 0.4) is 0 Å². The Bertz CT molecular complexity index is 956. The molecule has 0 saturated carbocycles. The average molecular weight is 450 g/mol. The maximum atomic E-state index is 15.9. The van der Waals surface area contributed by atoms with E-state index in [-0.39, 0.29) is 0 Å². The smallest absolute Gasteiger partial charge is 0.389 e. The second-order valence-electron chi connectivity index (χ2n) is 7.27. The Morgan fingerprint density at radius 2 is 1.89 bits per heavy atom. The van der Waals surface area contributed by atoms with Gasteiger partial charge < -0.3 is 22.5 Å². The fourth-order valence-electron chi connectivity index (χ4n) is 4.02. The summed E-state index contributed by atoms with van der Waals surface area (Å²) in [5.41, 5.74) is 3.16. The minimum atomic E-state index is -4.01. The van der Waals surface area contributed by atoms with Crippen molar-refractivity contribution in [3.8, 4) is 11.8 Å². The zero-order chi connectivity index (χ0) is 20.6. The lowest BCUT2D eigenvalue weighted by atomic mass is 9.90. The predicted octanol–water partition coefficient (Wildman–Crippen LogP) is 5.61. The first-order chi connectivity index (χ1) is 13.3. The van der Waals surface area contributed by atoms with Crippen LogP contribution in [0.4, 0.5) is 14.4 Å². The molecule has 3 heterocycles. The van der Waals surface area contributed by atoms with E-state index >= 15 is 8.63 Å². The van der Waals surface area contributed by atoms with Crippen LogP contribution in [0.1, 0.15) is 65.1 Å². The van der Waals surface area contributed by atoms with Gasteiger partial charge in [-0.25, -0.2) is 0 Å². The molecule has 3 rings (SSSR count). The van der Waals surface area contributed by atoms with E-state index in [0.717, 1.165) is 29.3 Å². The van der Waals surface area contributed by atoms with E-state index in [9.17, 15) is 0 Å². The van der Waals surface area contributed by atoms with Crippen LogP contribution in [0.5, 0.6) is 0 Å². The SMILES string of the molecule is CCCCC#Cc1cc2n(c1N(CC)CC)[B-](F)(F)[N+]1=C(C)C(Br)=C(C)C1=C2. The zero-order valence-corrected chi connectivity index (χ0v) is 18.8. The molecule has 28 heavy (non-hydrogen) atoms. The van der Waals surface area contributed by atoms with Crippen molar-refractivity contribution < 1.29 is 13.1 Å². The first-order valence-corrected chi connectivity index (χ1v) is 10.8. The lowest BCUT2D eigenvalue weighted by Gasteiger charge is -2.34. The summed E-state index contributed by atoms with van der Waals surface area (Å²) in [6, 6.07) is 1.82. The van der Waals surface area contributed by atoms with Crippen LogP contribution in [-0.4, -0.2) is 34.7 Å². The van der Waals surface area contributed by atoms with Crippen LogP contribution >= 0.6 is 15.9 Å². The largest absolute Gasteiger partial charge is 0.738 e. The Labute approximate surface area is 175 Å². The monoisotopic (exact) mass is 449 g/mol. The van der Waals surface area contributed by atoms with Crippen LogP contribution in [0.25, 0.3) is 6.08 Å². The quantitative estimate of drug-likeness (QED) is 0.323. The van der Waals surface area contributed by atoms with Gasteiger partial charge in [-0.2, -0.15) is 0 Å². The molecule has 0 bridgehead atoms. The molecule has 2 aliphatic heterocycles. The normalized spacial score (nSPS) is 17.2. The minimum absolute atomic E-state index is 0.521. The van der Waals surface area contributed by atoms with Crippen LogP contribution in [0, 0.1) is 11.8 Å². The highest BCUT2D eigenvalue weighted by Crippen LogP contribution is 2.42. The number of hydrogen-bond donors (Lipinski definition) is 0. The predicted molar refractivity (Wildman–Crippen MR) is 118 cm³/mol. The molecular formula is C21H27BBrF2N3. The fraction of sp³-hybridized carbons (Fsp3) is 0.476. The highest BCUT2D eigenvalue weighted by atomic mass is 79.9. The summed E-state index contributed by atoms with van der Waals surface area (Å²) in [5.74, 6) is 6.88. The second-order valence-corrected chi connectivity index (χ2v) is 8.06. The molecule has 0 aliphatic carbocycles. The molecule has 0 aromatic carbocycles. The molecular weight excluding hydrogens is 423 g/mol. The maximum absolute atomic E-state index is 15.9. The molecule has 3 nitrogen and oxygen atoms in total. The van der Waals surface area contributed by atoms with E-state index in [1.165, 1.54) is 8.96 Å². The Morgan fingerprint density at radius 1 is 1.21 bits per heavy atom. The van der Waals surface area contributed by atoms with Gasteiger partial charge in [-0.1, -0.05) is 25.2 Å². The van der Waals surface area contributed by atoms with E-state index in [0.29, 0.717) is 41.6 Å². The highest BCUT2D eigenvalue weighted by molar-refractivity contribution is 9.12. The van der Waals surface area contributed by atoms with E-state index < -0.39 is 6.97 Å². The summed E-state index contributed by atoms with van der Waals surface area (Å²) in [6.07, 6.45) is 4.73. The van der Waals surface area contributed by atoms with E-state index in [2.05, 4.69) is 34.7 Å². The van der Waals surface area contributed by atoms with Crippen molar-refractivity contribution in [2.75, 3.05) is 18.0 Å². The standard InChI is InChI=1S/C21H27BBrF2N3/c1-6-9-10-11-12-17-13-18-14-19-15(4)20(23)16(5)27(19)22(24,25)28(18)21(17)26(7-2)8-3/h13-14H,6-10H2,1-5H3. The molecule has 7 heteroatoms. The Hall–Kier alpha value is -1.81. The van der Waals surface area contributed by atoms with Gasteiger partial charge in [0.1, 0.15) is 5.71 Å². The molecule has 0 radical (unpaired) electrons. The van der Waals surface area contributed by atoms with Gasteiger partial charge in [-0.05, 0) is 49.2 Å².